The topological polar surface area (TPSA) is 100 Å². The molecule has 0 fully saturated rings. The van der Waals surface area contributed by atoms with Gasteiger partial charge < -0.3 is 9.80 Å². The molecule has 224 valence electrons. The molecule has 6 aromatic rings. The molecular formula is C36H33N7O2. The molecule has 2 amide bonds. The molecule has 1 atom stereocenters. The third-order valence-electron chi connectivity index (χ3n) is 8.39. The van der Waals surface area contributed by atoms with Crippen molar-refractivity contribution in [2.75, 3.05) is 11.4 Å². The third-order valence-corrected chi connectivity index (χ3v) is 8.39. The average Bonchev–Trinajstić information content (AvgIpc) is 3.68. The van der Waals surface area contributed by atoms with E-state index in [-0.39, 0.29) is 24.4 Å². The molecule has 0 aliphatic carbocycles. The summed E-state index contributed by atoms with van der Waals surface area (Å²) in [6.45, 7) is 4.34. The summed E-state index contributed by atoms with van der Waals surface area (Å²) < 4.78 is 1.97. The summed E-state index contributed by atoms with van der Waals surface area (Å²) in [6, 6.07) is 35.2. The van der Waals surface area contributed by atoms with Crippen LogP contribution in [0.3, 0.4) is 0 Å². The Morgan fingerprint density at radius 3 is 2.27 bits per heavy atom. The third kappa shape index (κ3) is 5.26. The van der Waals surface area contributed by atoms with Gasteiger partial charge in [-0.1, -0.05) is 91.0 Å². The zero-order valence-electron chi connectivity index (χ0n) is 25.2. The maximum Gasteiger partial charge on any atom is 0.243 e. The lowest BCUT2D eigenvalue weighted by molar-refractivity contribution is -0.133. The largest absolute Gasteiger partial charge is 0.334 e. The van der Waals surface area contributed by atoms with Crippen molar-refractivity contribution in [1.29, 1.82) is 0 Å². The summed E-state index contributed by atoms with van der Waals surface area (Å²) in [6.07, 6.45) is 0.308. The number of aromatic amines is 1. The molecule has 9 heteroatoms. The van der Waals surface area contributed by atoms with E-state index in [0.717, 1.165) is 33.4 Å². The van der Waals surface area contributed by atoms with Crippen molar-refractivity contribution < 1.29 is 9.59 Å². The van der Waals surface area contributed by atoms with Gasteiger partial charge in [0.1, 0.15) is 12.5 Å². The van der Waals surface area contributed by atoms with Crippen LogP contribution in [0.4, 0.5) is 5.69 Å². The van der Waals surface area contributed by atoms with Crippen molar-refractivity contribution in [2.24, 2.45) is 0 Å². The standard InChI is InChI=1S/C36H33N7O2/c1-24(2)41(22-25-13-5-3-6-14-25)33(44)23-42-31-19-11-12-20-32(31)43-34(26-15-7-4-8-16-26)39-40-35(43)28(36(42)45)21-30-27-17-9-10-18-29(27)37-38-30/h3-20,24,28H,21-23H2,1-2H3,(H,37,38)/t28-/m0/s1. The van der Waals surface area contributed by atoms with E-state index < -0.39 is 5.92 Å². The van der Waals surface area contributed by atoms with E-state index in [4.69, 9.17) is 0 Å². The van der Waals surface area contributed by atoms with E-state index in [9.17, 15) is 9.59 Å². The first-order valence-electron chi connectivity index (χ1n) is 15.2. The smallest absolute Gasteiger partial charge is 0.243 e. The van der Waals surface area contributed by atoms with Gasteiger partial charge in [0.2, 0.25) is 11.8 Å². The maximum absolute atomic E-state index is 14.8. The molecule has 7 rings (SSSR count). The van der Waals surface area contributed by atoms with Gasteiger partial charge >= 0.3 is 0 Å². The van der Waals surface area contributed by atoms with Gasteiger partial charge in [-0.15, -0.1) is 10.2 Å². The molecule has 9 nitrogen and oxygen atoms in total. The van der Waals surface area contributed by atoms with E-state index >= 15 is 0 Å². The van der Waals surface area contributed by atoms with Crippen LogP contribution in [-0.2, 0) is 22.6 Å². The number of hydrogen-bond acceptors (Lipinski definition) is 5. The Morgan fingerprint density at radius 2 is 1.51 bits per heavy atom. The van der Waals surface area contributed by atoms with E-state index in [1.54, 1.807) is 4.90 Å². The Bertz CT molecular complexity index is 1980. The fourth-order valence-corrected chi connectivity index (χ4v) is 6.11. The summed E-state index contributed by atoms with van der Waals surface area (Å²) in [7, 11) is 0. The second-order valence-corrected chi connectivity index (χ2v) is 11.6. The van der Waals surface area contributed by atoms with Crippen molar-refractivity contribution in [2.45, 2.75) is 38.8 Å². The molecular weight excluding hydrogens is 562 g/mol. The number of rotatable bonds is 8. The van der Waals surface area contributed by atoms with Crippen LogP contribution in [0, 0.1) is 0 Å². The molecule has 1 N–H and O–H groups in total. The number of carbonyl (C=O) groups is 2. The number of nitrogens with one attached hydrogen (secondary N) is 1. The minimum atomic E-state index is -0.736. The van der Waals surface area contributed by atoms with Gasteiger partial charge in [-0.2, -0.15) is 5.10 Å². The predicted octanol–water partition coefficient (Wildman–Crippen LogP) is 5.92. The van der Waals surface area contributed by atoms with E-state index in [0.29, 0.717) is 30.3 Å². The van der Waals surface area contributed by atoms with Crippen molar-refractivity contribution in [3.63, 3.8) is 0 Å². The summed E-state index contributed by atoms with van der Waals surface area (Å²) in [5.41, 5.74) is 4.93. The number of nitrogens with zero attached hydrogens (tertiary/aromatic N) is 6. The monoisotopic (exact) mass is 595 g/mol. The molecule has 0 saturated heterocycles. The summed E-state index contributed by atoms with van der Waals surface area (Å²) >= 11 is 0. The van der Waals surface area contributed by atoms with Crippen LogP contribution in [-0.4, -0.2) is 54.3 Å². The molecule has 4 aromatic carbocycles. The number of aromatic nitrogens is 5. The van der Waals surface area contributed by atoms with Crippen LogP contribution < -0.4 is 4.90 Å². The predicted molar refractivity (Wildman–Crippen MR) is 174 cm³/mol. The molecule has 0 saturated carbocycles. The Morgan fingerprint density at radius 1 is 0.844 bits per heavy atom. The normalized spacial score (nSPS) is 14.3. The first-order chi connectivity index (χ1) is 22.0. The van der Waals surface area contributed by atoms with Crippen LogP contribution in [0.2, 0.25) is 0 Å². The Hall–Kier alpha value is -5.57. The minimum Gasteiger partial charge on any atom is -0.334 e. The molecule has 45 heavy (non-hydrogen) atoms. The number of para-hydroxylation sites is 3. The van der Waals surface area contributed by atoms with Crippen molar-refractivity contribution >= 4 is 28.4 Å². The Labute approximate surface area is 261 Å². The highest BCUT2D eigenvalue weighted by Gasteiger charge is 2.39. The molecule has 0 unspecified atom stereocenters. The lowest BCUT2D eigenvalue weighted by Crippen LogP contribution is -2.46. The highest BCUT2D eigenvalue weighted by atomic mass is 16.2. The molecule has 1 aliphatic heterocycles. The van der Waals surface area contributed by atoms with Crippen LogP contribution >= 0.6 is 0 Å². The first kappa shape index (κ1) is 28.2. The molecule has 1 aliphatic rings. The lowest BCUT2D eigenvalue weighted by Gasteiger charge is -2.31. The highest BCUT2D eigenvalue weighted by molar-refractivity contribution is 6.05. The number of H-pyrrole nitrogens is 1. The van der Waals surface area contributed by atoms with Gasteiger partial charge in [-0.25, -0.2) is 0 Å². The second kappa shape index (κ2) is 11.8. The number of hydrogen-bond donors (Lipinski definition) is 1. The van der Waals surface area contributed by atoms with Crippen LogP contribution in [0.15, 0.2) is 109 Å². The van der Waals surface area contributed by atoms with E-state index in [2.05, 4.69) is 20.4 Å². The van der Waals surface area contributed by atoms with E-state index in [1.165, 1.54) is 0 Å². The van der Waals surface area contributed by atoms with Gasteiger partial charge in [0.05, 0.1) is 16.9 Å². The van der Waals surface area contributed by atoms with Crippen LogP contribution in [0.25, 0.3) is 28.0 Å². The minimum absolute atomic E-state index is 0.0634. The fourth-order valence-electron chi connectivity index (χ4n) is 6.11. The first-order valence-corrected chi connectivity index (χ1v) is 15.2. The van der Waals surface area contributed by atoms with Crippen LogP contribution in [0.1, 0.15) is 36.8 Å². The fraction of sp³-hybridized carbons (Fsp3) is 0.194. The maximum atomic E-state index is 14.8. The number of fused-ring (bicyclic) bond motifs is 4. The quantitative estimate of drug-likeness (QED) is 0.236. The summed E-state index contributed by atoms with van der Waals surface area (Å²) in [5, 5.41) is 17.8. The second-order valence-electron chi connectivity index (χ2n) is 11.6. The molecule has 2 aromatic heterocycles. The van der Waals surface area contributed by atoms with Gasteiger partial charge in [0, 0.05) is 35.7 Å². The zero-order valence-corrected chi connectivity index (χ0v) is 25.2. The molecule has 0 radical (unpaired) electrons. The van der Waals surface area contributed by atoms with Crippen molar-refractivity contribution in [3.8, 4) is 17.1 Å². The molecule has 3 heterocycles. The van der Waals surface area contributed by atoms with Gasteiger partial charge in [0.15, 0.2) is 11.6 Å². The number of anilines is 1. The molecule has 0 spiro atoms. The number of amides is 2. The molecule has 0 bridgehead atoms. The zero-order chi connectivity index (χ0) is 30.9. The van der Waals surface area contributed by atoms with Crippen LogP contribution in [0.5, 0.6) is 0 Å². The Balaban J connectivity index is 1.34. The van der Waals surface area contributed by atoms with Crippen molar-refractivity contribution in [1.82, 2.24) is 29.9 Å². The van der Waals surface area contributed by atoms with Gasteiger partial charge in [0.25, 0.3) is 0 Å². The highest BCUT2D eigenvalue weighted by Crippen LogP contribution is 2.38. The van der Waals surface area contributed by atoms with Gasteiger partial charge in [-0.05, 0) is 37.6 Å². The lowest BCUT2D eigenvalue weighted by atomic mass is 9.98. The number of benzene rings is 4. The Kier molecular flexibility index (Phi) is 7.42. The van der Waals surface area contributed by atoms with E-state index in [1.807, 2.05) is 133 Å². The van der Waals surface area contributed by atoms with Crippen molar-refractivity contribution in [3.05, 3.63) is 126 Å². The average molecular weight is 596 g/mol. The number of carbonyl (C=O) groups excluding carboxylic acids is 2. The SMILES string of the molecule is CC(C)N(Cc1ccccc1)C(=O)CN1C(=O)[C@@H](Cc2[nH]nc3ccccc23)c2nnc(-c3ccccc3)n2-c2ccccc21. The summed E-state index contributed by atoms with van der Waals surface area (Å²) in [4.78, 5) is 32.4. The summed E-state index contributed by atoms with van der Waals surface area (Å²) in [5.74, 6) is 0.0595. The van der Waals surface area contributed by atoms with Gasteiger partial charge in [-0.3, -0.25) is 19.3 Å².